The van der Waals surface area contributed by atoms with E-state index in [9.17, 15) is 0 Å². The van der Waals surface area contributed by atoms with Crippen LogP contribution < -0.4 is 5.32 Å². The van der Waals surface area contributed by atoms with Crippen LogP contribution in [0.1, 0.15) is 31.2 Å². The van der Waals surface area contributed by atoms with Crippen molar-refractivity contribution in [1.29, 1.82) is 0 Å². The lowest BCUT2D eigenvalue weighted by Crippen LogP contribution is -2.45. The molecule has 1 heterocycles. The Labute approximate surface area is 114 Å². The first-order chi connectivity index (χ1) is 9.31. The van der Waals surface area contributed by atoms with Crippen molar-refractivity contribution in [3.8, 4) is 0 Å². The Hall–Kier alpha value is -1.61. The number of hydrogen-bond acceptors (Lipinski definition) is 2. The van der Waals surface area contributed by atoms with Crippen molar-refractivity contribution in [1.82, 2.24) is 15.1 Å². The lowest BCUT2D eigenvalue weighted by molar-refractivity contribution is 0.258. The maximum atomic E-state index is 4.25. The smallest absolute Gasteiger partial charge is 0.0560 e. The van der Waals surface area contributed by atoms with Crippen LogP contribution in [0.2, 0.25) is 0 Å². The zero-order valence-electron chi connectivity index (χ0n) is 11.4. The van der Waals surface area contributed by atoms with E-state index in [4.69, 9.17) is 0 Å². The summed E-state index contributed by atoms with van der Waals surface area (Å²) in [5.74, 6) is 0.746. The number of rotatable bonds is 5. The van der Waals surface area contributed by atoms with Gasteiger partial charge in [0, 0.05) is 24.5 Å². The van der Waals surface area contributed by atoms with Gasteiger partial charge in [-0.2, -0.15) is 5.10 Å². The summed E-state index contributed by atoms with van der Waals surface area (Å²) in [6, 6.07) is 14.0. The first kappa shape index (κ1) is 12.4. The van der Waals surface area contributed by atoms with Crippen LogP contribution in [0.15, 0.2) is 48.8 Å². The Morgan fingerprint density at radius 2 is 2.05 bits per heavy atom. The van der Waals surface area contributed by atoms with E-state index >= 15 is 0 Å². The van der Waals surface area contributed by atoms with E-state index in [2.05, 4.69) is 47.7 Å². The predicted octanol–water partition coefficient (Wildman–Crippen LogP) is 2.81. The summed E-state index contributed by atoms with van der Waals surface area (Å²) in [6.45, 7) is 3.18. The van der Waals surface area contributed by atoms with Gasteiger partial charge >= 0.3 is 0 Å². The number of nitrogens with one attached hydrogen (secondary N) is 1. The van der Waals surface area contributed by atoms with Crippen molar-refractivity contribution in [2.24, 2.45) is 0 Å². The van der Waals surface area contributed by atoms with Crippen molar-refractivity contribution in [2.75, 3.05) is 0 Å². The Morgan fingerprint density at radius 3 is 2.74 bits per heavy atom. The number of nitrogens with zero attached hydrogens (tertiary/aromatic N) is 2. The lowest BCUT2D eigenvalue weighted by Gasteiger charge is -2.38. The molecule has 1 aliphatic carbocycles. The van der Waals surface area contributed by atoms with E-state index in [1.54, 1.807) is 0 Å². The van der Waals surface area contributed by atoms with Crippen molar-refractivity contribution < 1.29 is 0 Å². The number of benzene rings is 1. The zero-order chi connectivity index (χ0) is 13.1. The fraction of sp³-hybridized carbons (Fsp3) is 0.438. The second-order valence-corrected chi connectivity index (χ2v) is 5.57. The molecule has 0 radical (unpaired) electrons. The molecule has 3 rings (SSSR count). The van der Waals surface area contributed by atoms with E-state index in [0.717, 1.165) is 12.5 Å². The molecule has 1 unspecified atom stereocenters. The topological polar surface area (TPSA) is 29.9 Å². The Balaban J connectivity index is 1.44. The van der Waals surface area contributed by atoms with Gasteiger partial charge in [-0.15, -0.1) is 0 Å². The average Bonchev–Trinajstić information content (AvgIpc) is 2.87. The number of hydrogen-bond donors (Lipinski definition) is 1. The molecule has 100 valence electrons. The third-order valence-electron chi connectivity index (χ3n) is 3.95. The van der Waals surface area contributed by atoms with E-state index in [-0.39, 0.29) is 0 Å². The summed E-state index contributed by atoms with van der Waals surface area (Å²) in [4.78, 5) is 0. The van der Waals surface area contributed by atoms with Crippen molar-refractivity contribution in [2.45, 2.75) is 44.3 Å². The van der Waals surface area contributed by atoms with Gasteiger partial charge < -0.3 is 5.32 Å². The summed E-state index contributed by atoms with van der Waals surface area (Å²) >= 11 is 0. The minimum absolute atomic E-state index is 0.474. The van der Waals surface area contributed by atoms with Gasteiger partial charge in [0.05, 0.1) is 6.54 Å². The molecule has 1 fully saturated rings. The fourth-order valence-corrected chi connectivity index (χ4v) is 2.90. The summed E-state index contributed by atoms with van der Waals surface area (Å²) in [6.07, 6.45) is 6.37. The molecule has 19 heavy (non-hydrogen) atoms. The summed E-state index contributed by atoms with van der Waals surface area (Å²) in [5.41, 5.74) is 1.49. The second-order valence-electron chi connectivity index (χ2n) is 5.57. The van der Waals surface area contributed by atoms with Gasteiger partial charge in [-0.3, -0.25) is 4.68 Å². The van der Waals surface area contributed by atoms with Gasteiger partial charge in [0.1, 0.15) is 0 Å². The van der Waals surface area contributed by atoms with Crippen LogP contribution in [0.3, 0.4) is 0 Å². The third-order valence-corrected chi connectivity index (χ3v) is 3.95. The molecule has 0 saturated heterocycles. The van der Waals surface area contributed by atoms with E-state index in [0.29, 0.717) is 12.1 Å². The molecule has 2 aromatic rings. The molecule has 1 aliphatic rings. The van der Waals surface area contributed by atoms with Crippen LogP contribution in [0.5, 0.6) is 0 Å². The minimum Gasteiger partial charge on any atom is -0.310 e. The molecule has 0 aliphatic heterocycles. The lowest BCUT2D eigenvalue weighted by atomic mass is 9.75. The molecule has 0 amide bonds. The van der Waals surface area contributed by atoms with Crippen LogP contribution in [0.4, 0.5) is 0 Å². The van der Waals surface area contributed by atoms with Crippen LogP contribution >= 0.6 is 0 Å². The first-order valence-corrected chi connectivity index (χ1v) is 7.09. The average molecular weight is 255 g/mol. The maximum Gasteiger partial charge on any atom is 0.0560 e. The van der Waals surface area contributed by atoms with Crippen LogP contribution in [0, 0.1) is 0 Å². The van der Waals surface area contributed by atoms with Crippen molar-refractivity contribution in [3.63, 3.8) is 0 Å². The summed E-state index contributed by atoms with van der Waals surface area (Å²) < 4.78 is 1.99. The third kappa shape index (κ3) is 3.04. The zero-order valence-corrected chi connectivity index (χ0v) is 11.4. The monoisotopic (exact) mass is 255 g/mol. The molecule has 1 atom stereocenters. The highest BCUT2D eigenvalue weighted by Gasteiger charge is 2.30. The molecular weight excluding hydrogens is 234 g/mol. The van der Waals surface area contributed by atoms with Gasteiger partial charge in [-0.1, -0.05) is 30.3 Å². The van der Waals surface area contributed by atoms with Gasteiger partial charge in [0.25, 0.3) is 0 Å². The van der Waals surface area contributed by atoms with Gasteiger partial charge in [-0.05, 0) is 37.3 Å². The van der Waals surface area contributed by atoms with Crippen molar-refractivity contribution >= 4 is 0 Å². The van der Waals surface area contributed by atoms with E-state index < -0.39 is 0 Å². The quantitative estimate of drug-likeness (QED) is 0.890. The maximum absolute atomic E-state index is 4.25. The highest BCUT2D eigenvalue weighted by molar-refractivity contribution is 5.22. The number of aromatic nitrogens is 2. The van der Waals surface area contributed by atoms with Gasteiger partial charge in [-0.25, -0.2) is 0 Å². The fourth-order valence-electron chi connectivity index (χ4n) is 2.90. The molecule has 1 aromatic heterocycles. The molecule has 0 bridgehead atoms. The standard InChI is InChI=1S/C16H21N3/c1-13(12-19-9-5-8-17-19)18-16-10-15(11-16)14-6-3-2-4-7-14/h2-9,13,15-16,18H,10-12H2,1H3. The molecule has 3 nitrogen and oxygen atoms in total. The van der Waals surface area contributed by atoms with Gasteiger partial charge in [0.2, 0.25) is 0 Å². The van der Waals surface area contributed by atoms with Crippen LogP contribution in [0.25, 0.3) is 0 Å². The molecule has 1 aromatic carbocycles. The highest BCUT2D eigenvalue weighted by atomic mass is 15.3. The van der Waals surface area contributed by atoms with E-state index in [1.807, 2.05) is 23.1 Å². The first-order valence-electron chi connectivity index (χ1n) is 7.09. The second kappa shape index (κ2) is 5.57. The molecule has 0 spiro atoms. The minimum atomic E-state index is 0.474. The largest absolute Gasteiger partial charge is 0.310 e. The van der Waals surface area contributed by atoms with Crippen LogP contribution in [-0.2, 0) is 6.54 Å². The molecule has 1 N–H and O–H groups in total. The normalized spacial score (nSPS) is 23.8. The Kier molecular flexibility index (Phi) is 3.65. The Morgan fingerprint density at radius 1 is 1.26 bits per heavy atom. The van der Waals surface area contributed by atoms with E-state index in [1.165, 1.54) is 18.4 Å². The molecule has 3 heteroatoms. The summed E-state index contributed by atoms with van der Waals surface area (Å²) in [7, 11) is 0. The Bertz CT molecular complexity index is 486. The predicted molar refractivity (Wildman–Crippen MR) is 77.0 cm³/mol. The molecule has 1 saturated carbocycles. The molecular formula is C16H21N3. The van der Waals surface area contributed by atoms with Crippen LogP contribution in [-0.4, -0.2) is 21.9 Å². The van der Waals surface area contributed by atoms with Crippen molar-refractivity contribution in [3.05, 3.63) is 54.4 Å². The highest BCUT2D eigenvalue weighted by Crippen LogP contribution is 2.36. The SMILES string of the molecule is CC(Cn1cccn1)NC1CC(c2ccccc2)C1. The van der Waals surface area contributed by atoms with Gasteiger partial charge in [0.15, 0.2) is 0 Å². The summed E-state index contributed by atoms with van der Waals surface area (Å²) in [5, 5.41) is 7.94.